The van der Waals surface area contributed by atoms with E-state index < -0.39 is 5.82 Å². The smallest absolute Gasteiger partial charge is 0.228 e. The molecule has 3 heterocycles. The maximum Gasteiger partial charge on any atom is 0.228 e. The van der Waals surface area contributed by atoms with Crippen LogP contribution >= 0.6 is 0 Å². The van der Waals surface area contributed by atoms with Crippen LogP contribution in [0.2, 0.25) is 0 Å². The molecule has 0 spiro atoms. The number of nitrogens with one attached hydrogen (secondary N) is 3. The number of aromatic nitrogens is 3. The van der Waals surface area contributed by atoms with Crippen LogP contribution < -0.4 is 20.7 Å². The molecule has 1 amide bonds. The van der Waals surface area contributed by atoms with E-state index in [-0.39, 0.29) is 18.4 Å². The van der Waals surface area contributed by atoms with Gasteiger partial charge >= 0.3 is 0 Å². The lowest BCUT2D eigenvalue weighted by Gasteiger charge is -2.23. The molecule has 8 nitrogen and oxygen atoms in total. The molecule has 0 aliphatic carbocycles. The normalized spacial score (nSPS) is 14.9. The van der Waals surface area contributed by atoms with E-state index in [4.69, 9.17) is 9.72 Å². The second-order valence-corrected chi connectivity index (χ2v) is 10.3. The van der Waals surface area contributed by atoms with Crippen molar-refractivity contribution >= 4 is 28.3 Å². The molecule has 5 aromatic rings. The third-order valence-corrected chi connectivity index (χ3v) is 7.32. The summed E-state index contributed by atoms with van der Waals surface area (Å²) in [5, 5.41) is 11.4. The Morgan fingerprint density at radius 2 is 1.90 bits per heavy atom. The Kier molecular flexibility index (Phi) is 8.00. The van der Waals surface area contributed by atoms with Crippen LogP contribution in [0.1, 0.15) is 24.0 Å². The molecule has 1 atom stereocenters. The average Bonchev–Trinajstić information content (AvgIpc) is 3.01. The lowest BCUT2D eigenvalue weighted by molar-refractivity contribution is -0.115. The highest BCUT2D eigenvalue weighted by Gasteiger charge is 2.18. The molecule has 42 heavy (non-hydrogen) atoms. The summed E-state index contributed by atoms with van der Waals surface area (Å²) in [6.45, 7) is 3.87. The van der Waals surface area contributed by atoms with E-state index in [1.54, 1.807) is 30.6 Å². The molecule has 0 bridgehead atoms. The Morgan fingerprint density at radius 3 is 2.76 bits per heavy atom. The highest BCUT2D eigenvalue weighted by atomic mass is 19.1. The summed E-state index contributed by atoms with van der Waals surface area (Å²) in [7, 11) is 0. The molecule has 0 unspecified atom stereocenters. The molecule has 1 saturated heterocycles. The van der Waals surface area contributed by atoms with Crippen LogP contribution in [0.15, 0.2) is 85.2 Å². The monoisotopic (exact) mass is 562 g/mol. The van der Waals surface area contributed by atoms with E-state index in [0.29, 0.717) is 34.5 Å². The van der Waals surface area contributed by atoms with Gasteiger partial charge in [0.2, 0.25) is 17.7 Å². The Labute approximate surface area is 243 Å². The molecular weight excluding hydrogens is 531 g/mol. The number of amides is 1. The van der Waals surface area contributed by atoms with Crippen molar-refractivity contribution in [1.82, 2.24) is 20.3 Å². The van der Waals surface area contributed by atoms with E-state index in [2.05, 4.69) is 25.9 Å². The van der Waals surface area contributed by atoms with Crippen LogP contribution in [0.4, 0.5) is 16.0 Å². The van der Waals surface area contributed by atoms with Crippen molar-refractivity contribution in [3.05, 3.63) is 102 Å². The van der Waals surface area contributed by atoms with E-state index in [9.17, 15) is 9.18 Å². The highest BCUT2D eigenvalue weighted by molar-refractivity contribution is 6.05. The summed E-state index contributed by atoms with van der Waals surface area (Å²) in [5.41, 5.74) is 3.29. The maximum absolute atomic E-state index is 14.1. The first-order valence-electron chi connectivity index (χ1n) is 14.0. The van der Waals surface area contributed by atoms with Gasteiger partial charge in [-0.25, -0.2) is 19.3 Å². The largest absolute Gasteiger partial charge is 0.437 e. The van der Waals surface area contributed by atoms with Gasteiger partial charge in [-0.2, -0.15) is 0 Å². The number of benzene rings is 3. The Bertz CT molecular complexity index is 1740. The maximum atomic E-state index is 14.1. The SMILES string of the molecule is Cc1ccc2c(NC(=O)Cc3ccccc3F)cccc2c1Oc1ncccc1-c1ccnc(N[C@H]2CCCNC2)n1. The van der Waals surface area contributed by atoms with Crippen LogP contribution in [0, 0.1) is 12.7 Å². The van der Waals surface area contributed by atoms with Crippen LogP contribution in [-0.2, 0) is 11.2 Å². The molecule has 3 N–H and O–H groups in total. The standard InChI is InChI=1S/C33H31FN6O2/c1-21-13-14-24-25(9-4-12-28(24)39-30(41)19-22-7-2-3-11-27(22)34)31(21)42-32-26(10-6-17-36-32)29-15-18-37-33(40-29)38-23-8-5-16-35-20-23/h2-4,6-7,9-15,17-18,23,35H,5,8,16,19-20H2,1H3,(H,39,41)(H,37,38,40)/t23-/m0/s1. The average molecular weight is 563 g/mol. The van der Waals surface area contributed by atoms with E-state index >= 15 is 0 Å². The van der Waals surface area contributed by atoms with Gasteiger partial charge in [0.15, 0.2) is 0 Å². The number of aryl methyl sites for hydroxylation is 1. The zero-order chi connectivity index (χ0) is 28.9. The topological polar surface area (TPSA) is 101 Å². The minimum absolute atomic E-state index is 0.0669. The van der Waals surface area contributed by atoms with Crippen LogP contribution in [0.5, 0.6) is 11.6 Å². The van der Waals surface area contributed by atoms with Gasteiger partial charge in [0.1, 0.15) is 11.6 Å². The molecule has 212 valence electrons. The van der Waals surface area contributed by atoms with Gasteiger partial charge in [0.25, 0.3) is 0 Å². The Morgan fingerprint density at radius 1 is 1.00 bits per heavy atom. The van der Waals surface area contributed by atoms with Crippen molar-refractivity contribution in [1.29, 1.82) is 0 Å². The molecular formula is C33H31FN6O2. The van der Waals surface area contributed by atoms with Gasteiger partial charge in [-0.1, -0.05) is 42.5 Å². The number of hydrogen-bond acceptors (Lipinski definition) is 7. The summed E-state index contributed by atoms with van der Waals surface area (Å²) < 4.78 is 20.6. The third-order valence-electron chi connectivity index (χ3n) is 7.32. The second kappa shape index (κ2) is 12.3. The first-order valence-corrected chi connectivity index (χ1v) is 14.0. The Hall–Kier alpha value is -4.89. The van der Waals surface area contributed by atoms with Gasteiger partial charge in [-0.3, -0.25) is 4.79 Å². The molecule has 2 aromatic heterocycles. The number of fused-ring (bicyclic) bond motifs is 1. The van der Waals surface area contributed by atoms with Gasteiger partial charge in [-0.05, 0) is 67.8 Å². The molecule has 1 aliphatic rings. The molecule has 6 rings (SSSR count). The summed E-state index contributed by atoms with van der Waals surface area (Å²) in [6.07, 6.45) is 5.52. The quantitative estimate of drug-likeness (QED) is 0.205. The van der Waals surface area contributed by atoms with E-state index in [1.807, 2.05) is 55.5 Å². The summed E-state index contributed by atoms with van der Waals surface area (Å²) in [5.74, 6) is 0.887. The van der Waals surface area contributed by atoms with Crippen molar-refractivity contribution in [2.75, 3.05) is 23.7 Å². The first kappa shape index (κ1) is 27.3. The zero-order valence-corrected chi connectivity index (χ0v) is 23.2. The van der Waals surface area contributed by atoms with Gasteiger partial charge in [0.05, 0.1) is 17.7 Å². The molecule has 0 saturated carbocycles. The zero-order valence-electron chi connectivity index (χ0n) is 23.2. The number of pyridine rings is 1. The van der Waals surface area contributed by atoms with Crippen molar-refractivity contribution < 1.29 is 13.9 Å². The summed E-state index contributed by atoms with van der Waals surface area (Å²) in [6, 6.07) is 21.7. The lowest BCUT2D eigenvalue weighted by atomic mass is 10.0. The number of hydrogen-bond donors (Lipinski definition) is 3. The number of rotatable bonds is 8. The molecule has 9 heteroatoms. The Balaban J connectivity index is 1.28. The summed E-state index contributed by atoms with van der Waals surface area (Å²) in [4.78, 5) is 26.6. The van der Waals surface area contributed by atoms with Crippen molar-refractivity contribution in [3.8, 4) is 22.9 Å². The lowest BCUT2D eigenvalue weighted by Crippen LogP contribution is -2.38. The molecule has 0 radical (unpaired) electrons. The summed E-state index contributed by atoms with van der Waals surface area (Å²) >= 11 is 0. The fourth-order valence-corrected chi connectivity index (χ4v) is 5.19. The predicted molar refractivity (Wildman–Crippen MR) is 162 cm³/mol. The molecule has 1 fully saturated rings. The van der Waals surface area contributed by atoms with Crippen LogP contribution in [-0.4, -0.2) is 40.0 Å². The van der Waals surface area contributed by atoms with E-state index in [0.717, 1.165) is 47.8 Å². The van der Waals surface area contributed by atoms with Gasteiger partial charge in [0, 0.05) is 41.4 Å². The van der Waals surface area contributed by atoms with E-state index in [1.165, 1.54) is 6.07 Å². The first-order chi connectivity index (χ1) is 20.5. The second-order valence-electron chi connectivity index (χ2n) is 10.3. The fourth-order valence-electron chi connectivity index (χ4n) is 5.19. The number of carbonyl (C=O) groups is 1. The third kappa shape index (κ3) is 6.06. The van der Waals surface area contributed by atoms with Crippen molar-refractivity contribution in [3.63, 3.8) is 0 Å². The minimum atomic E-state index is -0.402. The number of halogens is 1. The molecule has 3 aromatic carbocycles. The van der Waals surface area contributed by atoms with Crippen molar-refractivity contribution in [2.24, 2.45) is 0 Å². The highest BCUT2D eigenvalue weighted by Crippen LogP contribution is 2.38. The molecule has 1 aliphatic heterocycles. The number of piperidine rings is 1. The van der Waals surface area contributed by atoms with Crippen LogP contribution in [0.25, 0.3) is 22.0 Å². The number of carbonyl (C=O) groups excluding carboxylic acids is 1. The predicted octanol–water partition coefficient (Wildman–Crippen LogP) is 6.28. The number of ether oxygens (including phenoxy) is 1. The number of anilines is 2. The van der Waals surface area contributed by atoms with Gasteiger partial charge < -0.3 is 20.7 Å². The minimum Gasteiger partial charge on any atom is -0.437 e. The van der Waals surface area contributed by atoms with Gasteiger partial charge in [-0.15, -0.1) is 0 Å². The fraction of sp³-hybridized carbons (Fsp3) is 0.212. The number of nitrogens with zero attached hydrogens (tertiary/aromatic N) is 3. The van der Waals surface area contributed by atoms with Crippen LogP contribution in [0.3, 0.4) is 0 Å². The van der Waals surface area contributed by atoms with Crippen molar-refractivity contribution in [2.45, 2.75) is 32.2 Å².